The predicted molar refractivity (Wildman–Crippen MR) is 82.6 cm³/mol. The number of hydrogen-bond donors (Lipinski definition) is 0. The molecule has 0 spiro atoms. The second kappa shape index (κ2) is 6.73. The number of nitrogens with zero attached hydrogens (tertiary/aromatic N) is 2. The van der Waals surface area contributed by atoms with E-state index < -0.39 is 11.6 Å². The lowest BCUT2D eigenvalue weighted by molar-refractivity contribution is 0.441. The largest absolute Gasteiger partial charge is 0.322 e. The van der Waals surface area contributed by atoms with Gasteiger partial charge in [-0.3, -0.25) is 0 Å². The molecule has 2 nitrogen and oxygen atoms in total. The lowest BCUT2D eigenvalue weighted by Crippen LogP contribution is -2.10. The second-order valence-corrected chi connectivity index (χ2v) is 6.20. The van der Waals surface area contributed by atoms with Gasteiger partial charge in [0.15, 0.2) is 11.6 Å². The number of rotatable bonds is 6. The fourth-order valence-electron chi connectivity index (χ4n) is 2.69. The van der Waals surface area contributed by atoms with Crippen LogP contribution in [0.3, 0.4) is 0 Å². The summed E-state index contributed by atoms with van der Waals surface area (Å²) in [7, 11) is 0. The second-order valence-electron chi connectivity index (χ2n) is 5.93. The van der Waals surface area contributed by atoms with Gasteiger partial charge in [0.2, 0.25) is 0 Å². The van der Waals surface area contributed by atoms with E-state index in [2.05, 4.69) is 18.8 Å². The van der Waals surface area contributed by atoms with E-state index in [4.69, 9.17) is 11.6 Å². The van der Waals surface area contributed by atoms with E-state index in [-0.39, 0.29) is 17.4 Å². The first-order chi connectivity index (χ1) is 9.95. The molecule has 5 heteroatoms. The molecule has 0 radical (unpaired) electrons. The van der Waals surface area contributed by atoms with Crippen LogP contribution in [0.4, 0.5) is 8.78 Å². The number of halogens is 3. The van der Waals surface area contributed by atoms with Crippen LogP contribution >= 0.6 is 11.6 Å². The van der Waals surface area contributed by atoms with Crippen molar-refractivity contribution >= 4 is 22.6 Å². The zero-order valence-electron chi connectivity index (χ0n) is 12.7. The van der Waals surface area contributed by atoms with Gasteiger partial charge in [0.1, 0.15) is 11.3 Å². The van der Waals surface area contributed by atoms with Crippen molar-refractivity contribution in [2.45, 2.75) is 52.0 Å². The van der Waals surface area contributed by atoms with E-state index in [0.717, 1.165) is 25.3 Å². The summed E-state index contributed by atoms with van der Waals surface area (Å²) in [6, 6.07) is 2.65. The summed E-state index contributed by atoms with van der Waals surface area (Å²) in [5.74, 6) is -0.276. The van der Waals surface area contributed by atoms with Crippen molar-refractivity contribution < 1.29 is 8.78 Å². The van der Waals surface area contributed by atoms with Gasteiger partial charge in [0.25, 0.3) is 0 Å². The van der Waals surface area contributed by atoms with Crippen molar-refractivity contribution in [1.29, 1.82) is 0 Å². The molecule has 0 aliphatic heterocycles. The highest BCUT2D eigenvalue weighted by Crippen LogP contribution is 2.28. The lowest BCUT2D eigenvalue weighted by Gasteiger charge is -2.18. The highest BCUT2D eigenvalue weighted by atomic mass is 35.5. The molecule has 1 atom stereocenters. The molecule has 21 heavy (non-hydrogen) atoms. The van der Waals surface area contributed by atoms with Gasteiger partial charge in [0, 0.05) is 6.04 Å². The van der Waals surface area contributed by atoms with Crippen molar-refractivity contribution in [3.63, 3.8) is 0 Å². The molecule has 0 bridgehead atoms. The average Bonchev–Trinajstić information content (AvgIpc) is 2.81. The average molecular weight is 315 g/mol. The van der Waals surface area contributed by atoms with Crippen LogP contribution in [0.1, 0.15) is 51.9 Å². The van der Waals surface area contributed by atoms with Gasteiger partial charge in [-0.05, 0) is 31.4 Å². The molecule has 1 aromatic heterocycles. The maximum absolute atomic E-state index is 14.1. The number of hydrogen-bond acceptors (Lipinski definition) is 1. The number of fused-ring (bicyclic) bond motifs is 1. The summed E-state index contributed by atoms with van der Waals surface area (Å²) >= 11 is 5.92. The smallest absolute Gasteiger partial charge is 0.184 e. The van der Waals surface area contributed by atoms with Gasteiger partial charge in [-0.1, -0.05) is 26.7 Å². The van der Waals surface area contributed by atoms with Crippen molar-refractivity contribution in [3.05, 3.63) is 29.6 Å². The Morgan fingerprint density at radius 2 is 1.90 bits per heavy atom. The SMILES string of the molecule is CC(C)CCCC(C)n1c(CCl)nc2ccc(F)c(F)c21. The lowest BCUT2D eigenvalue weighted by atomic mass is 10.0. The molecular formula is C16H21ClF2N2. The van der Waals surface area contributed by atoms with E-state index in [1.165, 1.54) is 6.07 Å². The molecule has 2 rings (SSSR count). The van der Waals surface area contributed by atoms with E-state index in [1.807, 2.05) is 6.92 Å². The molecule has 1 aromatic carbocycles. The van der Waals surface area contributed by atoms with E-state index in [1.54, 1.807) is 4.57 Å². The fourth-order valence-corrected chi connectivity index (χ4v) is 2.88. The number of benzene rings is 1. The summed E-state index contributed by atoms with van der Waals surface area (Å²) in [5, 5.41) is 0. The third-order valence-electron chi connectivity index (χ3n) is 3.78. The number of imidazole rings is 1. The van der Waals surface area contributed by atoms with Crippen LogP contribution in [0.15, 0.2) is 12.1 Å². The Hall–Kier alpha value is -1.16. The van der Waals surface area contributed by atoms with E-state index in [9.17, 15) is 8.78 Å². The van der Waals surface area contributed by atoms with Crippen molar-refractivity contribution in [1.82, 2.24) is 9.55 Å². The van der Waals surface area contributed by atoms with E-state index in [0.29, 0.717) is 17.3 Å². The van der Waals surface area contributed by atoms with Crippen LogP contribution in [0.5, 0.6) is 0 Å². The molecule has 116 valence electrons. The highest BCUT2D eigenvalue weighted by molar-refractivity contribution is 6.16. The molecule has 0 N–H and O–H groups in total. The minimum atomic E-state index is -0.848. The van der Waals surface area contributed by atoms with Crippen LogP contribution in [-0.2, 0) is 5.88 Å². The molecule has 0 amide bonds. The first-order valence-electron chi connectivity index (χ1n) is 7.36. The van der Waals surface area contributed by atoms with Crippen molar-refractivity contribution in [2.24, 2.45) is 5.92 Å². The summed E-state index contributed by atoms with van der Waals surface area (Å²) in [6.07, 6.45) is 3.05. The Morgan fingerprint density at radius 3 is 2.52 bits per heavy atom. The molecule has 0 saturated heterocycles. The van der Waals surface area contributed by atoms with Crippen LogP contribution in [0.25, 0.3) is 11.0 Å². The third-order valence-corrected chi connectivity index (χ3v) is 4.02. The van der Waals surface area contributed by atoms with Crippen molar-refractivity contribution in [2.75, 3.05) is 0 Å². The minimum Gasteiger partial charge on any atom is -0.322 e. The quantitative estimate of drug-likeness (QED) is 0.649. The Kier molecular flexibility index (Phi) is 5.20. The minimum absolute atomic E-state index is 0.0406. The zero-order valence-corrected chi connectivity index (χ0v) is 13.4. The van der Waals surface area contributed by atoms with Gasteiger partial charge in [-0.15, -0.1) is 11.6 Å². The Bertz CT molecular complexity index is 622. The summed E-state index contributed by atoms with van der Waals surface area (Å²) in [6.45, 7) is 6.36. The standard InChI is InChI=1S/C16H21ClF2N2/c1-10(2)5-4-6-11(3)21-14(9-17)20-13-8-7-12(18)15(19)16(13)21/h7-8,10-11H,4-6,9H2,1-3H3. The van der Waals surface area contributed by atoms with Gasteiger partial charge in [-0.2, -0.15) is 0 Å². The summed E-state index contributed by atoms with van der Waals surface area (Å²) in [5.41, 5.74) is 0.683. The molecule has 0 aliphatic rings. The fraction of sp³-hybridized carbons (Fsp3) is 0.562. The molecule has 0 saturated carbocycles. The molecular weight excluding hydrogens is 294 g/mol. The summed E-state index contributed by atoms with van der Waals surface area (Å²) < 4.78 is 29.4. The van der Waals surface area contributed by atoms with Gasteiger partial charge in [0.05, 0.1) is 11.4 Å². The highest BCUT2D eigenvalue weighted by Gasteiger charge is 2.20. The van der Waals surface area contributed by atoms with Crippen molar-refractivity contribution in [3.8, 4) is 0 Å². The van der Waals surface area contributed by atoms with Gasteiger partial charge in [-0.25, -0.2) is 13.8 Å². The third kappa shape index (κ3) is 3.37. The number of alkyl halides is 1. The Labute approximate surface area is 129 Å². The molecule has 1 unspecified atom stereocenters. The maximum atomic E-state index is 14.1. The normalized spacial score (nSPS) is 13.3. The monoisotopic (exact) mass is 314 g/mol. The van der Waals surface area contributed by atoms with Crippen LogP contribution < -0.4 is 0 Å². The first-order valence-corrected chi connectivity index (χ1v) is 7.90. The molecule has 1 heterocycles. The summed E-state index contributed by atoms with van der Waals surface area (Å²) in [4.78, 5) is 4.32. The van der Waals surface area contributed by atoms with Gasteiger partial charge < -0.3 is 4.57 Å². The predicted octanol–water partition coefficient (Wildman–Crippen LogP) is 5.44. The van der Waals surface area contributed by atoms with Crippen LogP contribution in [0.2, 0.25) is 0 Å². The zero-order chi connectivity index (χ0) is 15.6. The topological polar surface area (TPSA) is 17.8 Å². The molecule has 0 fully saturated rings. The van der Waals surface area contributed by atoms with E-state index >= 15 is 0 Å². The maximum Gasteiger partial charge on any atom is 0.184 e. The molecule has 0 aliphatic carbocycles. The Morgan fingerprint density at radius 1 is 1.19 bits per heavy atom. The van der Waals surface area contributed by atoms with Crippen LogP contribution in [0, 0.1) is 17.6 Å². The van der Waals surface area contributed by atoms with Crippen LogP contribution in [-0.4, -0.2) is 9.55 Å². The number of aromatic nitrogens is 2. The Balaban J connectivity index is 2.38. The van der Waals surface area contributed by atoms with Gasteiger partial charge >= 0.3 is 0 Å². The first kappa shape index (κ1) is 16.2. The molecule has 2 aromatic rings.